The number of amides is 1. The molecule has 118 valence electrons. The Kier molecular flexibility index (Phi) is 4.73. The van der Waals surface area contributed by atoms with E-state index in [2.05, 4.69) is 25.5 Å². The monoisotopic (exact) mass is 345 g/mol. The Morgan fingerprint density at radius 1 is 1.26 bits per heavy atom. The van der Waals surface area contributed by atoms with E-state index in [1.54, 1.807) is 0 Å². The van der Waals surface area contributed by atoms with Gasteiger partial charge in [-0.2, -0.15) is 0 Å². The summed E-state index contributed by atoms with van der Waals surface area (Å²) in [5, 5.41) is 12.8. The molecule has 2 aromatic heterocycles. The SMILES string of the molecule is Cc1ccc(-c2nc(SCC(=O)Nc3nc(C)cs3)n[nH]2)cc1. The van der Waals surface area contributed by atoms with Crippen molar-refractivity contribution in [2.24, 2.45) is 0 Å². The second-order valence-electron chi connectivity index (χ2n) is 4.96. The van der Waals surface area contributed by atoms with Crippen molar-refractivity contribution in [3.63, 3.8) is 0 Å². The molecular weight excluding hydrogens is 330 g/mol. The number of hydrogen-bond acceptors (Lipinski definition) is 6. The third-order valence-corrected chi connectivity index (χ3v) is 4.71. The van der Waals surface area contributed by atoms with Crippen molar-refractivity contribution in [1.29, 1.82) is 0 Å². The summed E-state index contributed by atoms with van der Waals surface area (Å²) in [5.41, 5.74) is 3.06. The second kappa shape index (κ2) is 6.93. The molecule has 0 radical (unpaired) electrons. The summed E-state index contributed by atoms with van der Waals surface area (Å²) in [6, 6.07) is 8.02. The number of benzene rings is 1. The number of thioether (sulfide) groups is 1. The van der Waals surface area contributed by atoms with Crippen molar-refractivity contribution in [2.75, 3.05) is 11.1 Å². The van der Waals surface area contributed by atoms with Gasteiger partial charge in [-0.25, -0.2) is 9.97 Å². The van der Waals surface area contributed by atoms with E-state index in [0.29, 0.717) is 16.1 Å². The molecule has 1 amide bonds. The number of carbonyl (C=O) groups is 1. The predicted molar refractivity (Wildman–Crippen MR) is 92.8 cm³/mol. The number of hydrogen-bond donors (Lipinski definition) is 2. The Morgan fingerprint density at radius 2 is 2.04 bits per heavy atom. The highest BCUT2D eigenvalue weighted by molar-refractivity contribution is 7.99. The number of thiazole rings is 1. The van der Waals surface area contributed by atoms with Gasteiger partial charge in [-0.15, -0.1) is 16.4 Å². The van der Waals surface area contributed by atoms with Crippen LogP contribution in [0.1, 0.15) is 11.3 Å². The number of anilines is 1. The Bertz CT molecular complexity index is 809. The Hall–Kier alpha value is -2.19. The average Bonchev–Trinajstić information content (AvgIpc) is 3.15. The van der Waals surface area contributed by atoms with Gasteiger partial charge in [0, 0.05) is 10.9 Å². The van der Waals surface area contributed by atoms with E-state index in [4.69, 9.17) is 0 Å². The molecule has 23 heavy (non-hydrogen) atoms. The van der Waals surface area contributed by atoms with Crippen LogP contribution in [0.3, 0.4) is 0 Å². The lowest BCUT2D eigenvalue weighted by Crippen LogP contribution is -2.13. The molecule has 3 rings (SSSR count). The van der Waals surface area contributed by atoms with Crippen LogP contribution in [0.5, 0.6) is 0 Å². The number of carbonyl (C=O) groups excluding carboxylic acids is 1. The maximum atomic E-state index is 11.9. The molecule has 3 aromatic rings. The van der Waals surface area contributed by atoms with Crippen LogP contribution in [0.2, 0.25) is 0 Å². The van der Waals surface area contributed by atoms with Gasteiger partial charge in [-0.1, -0.05) is 41.6 Å². The van der Waals surface area contributed by atoms with Gasteiger partial charge >= 0.3 is 0 Å². The van der Waals surface area contributed by atoms with Crippen LogP contribution in [0, 0.1) is 13.8 Å². The zero-order valence-corrected chi connectivity index (χ0v) is 14.3. The third kappa shape index (κ3) is 4.17. The first-order chi connectivity index (χ1) is 11.1. The highest BCUT2D eigenvalue weighted by Gasteiger charge is 2.10. The molecule has 0 saturated heterocycles. The minimum atomic E-state index is -0.119. The maximum absolute atomic E-state index is 11.9. The molecule has 0 saturated carbocycles. The lowest BCUT2D eigenvalue weighted by Gasteiger charge is -1.99. The molecule has 2 heterocycles. The molecule has 0 spiro atoms. The first-order valence-corrected chi connectivity index (χ1v) is 8.81. The topological polar surface area (TPSA) is 83.6 Å². The molecule has 1 aromatic carbocycles. The number of aromatic amines is 1. The van der Waals surface area contributed by atoms with Crippen LogP contribution >= 0.6 is 23.1 Å². The van der Waals surface area contributed by atoms with E-state index in [9.17, 15) is 4.79 Å². The van der Waals surface area contributed by atoms with Crippen molar-refractivity contribution in [1.82, 2.24) is 20.2 Å². The standard InChI is InChI=1S/C15H15N5OS2/c1-9-3-5-11(6-4-9)13-18-15(20-19-13)23-8-12(21)17-14-16-10(2)7-22-14/h3-7H,8H2,1-2H3,(H,16,17,21)(H,18,19,20). The molecule has 2 N–H and O–H groups in total. The molecule has 0 fully saturated rings. The smallest absolute Gasteiger partial charge is 0.236 e. The average molecular weight is 345 g/mol. The van der Waals surface area contributed by atoms with Crippen LogP contribution in [0.15, 0.2) is 34.8 Å². The highest BCUT2D eigenvalue weighted by atomic mass is 32.2. The van der Waals surface area contributed by atoms with Crippen LogP contribution < -0.4 is 5.32 Å². The molecule has 8 heteroatoms. The van der Waals surface area contributed by atoms with E-state index in [1.165, 1.54) is 28.7 Å². The largest absolute Gasteiger partial charge is 0.301 e. The summed E-state index contributed by atoms with van der Waals surface area (Å²) >= 11 is 2.70. The van der Waals surface area contributed by atoms with Crippen LogP contribution in [-0.2, 0) is 4.79 Å². The highest BCUT2D eigenvalue weighted by Crippen LogP contribution is 2.20. The first-order valence-electron chi connectivity index (χ1n) is 6.94. The minimum Gasteiger partial charge on any atom is -0.301 e. The summed E-state index contributed by atoms with van der Waals surface area (Å²) in [6.07, 6.45) is 0. The Morgan fingerprint density at radius 3 is 2.74 bits per heavy atom. The van der Waals surface area contributed by atoms with Crippen LogP contribution in [-0.4, -0.2) is 31.8 Å². The fourth-order valence-electron chi connectivity index (χ4n) is 1.85. The lowest BCUT2D eigenvalue weighted by atomic mass is 10.1. The van der Waals surface area contributed by atoms with Gasteiger partial charge in [-0.3, -0.25) is 9.89 Å². The van der Waals surface area contributed by atoms with Gasteiger partial charge in [0.25, 0.3) is 0 Å². The predicted octanol–water partition coefficient (Wildman–Crippen LogP) is 3.28. The quantitative estimate of drug-likeness (QED) is 0.693. The number of aromatic nitrogens is 4. The van der Waals surface area contributed by atoms with Crippen molar-refractivity contribution in [2.45, 2.75) is 19.0 Å². The van der Waals surface area contributed by atoms with E-state index in [-0.39, 0.29) is 11.7 Å². The summed E-state index contributed by atoms with van der Waals surface area (Å²) in [6.45, 7) is 3.93. The molecule has 0 bridgehead atoms. The van der Waals surface area contributed by atoms with Gasteiger partial charge in [0.1, 0.15) is 0 Å². The molecule has 6 nitrogen and oxygen atoms in total. The number of aryl methyl sites for hydroxylation is 2. The molecular formula is C15H15N5OS2. The van der Waals surface area contributed by atoms with E-state index >= 15 is 0 Å². The summed E-state index contributed by atoms with van der Waals surface area (Å²) in [7, 11) is 0. The van der Waals surface area contributed by atoms with Crippen LogP contribution in [0.4, 0.5) is 5.13 Å². The Balaban J connectivity index is 1.56. The molecule has 0 aliphatic carbocycles. The molecule has 0 atom stereocenters. The first kappa shape index (κ1) is 15.7. The number of H-pyrrole nitrogens is 1. The van der Waals surface area contributed by atoms with Gasteiger partial charge in [0.15, 0.2) is 11.0 Å². The zero-order chi connectivity index (χ0) is 16.2. The van der Waals surface area contributed by atoms with Gasteiger partial charge in [-0.05, 0) is 13.8 Å². The lowest BCUT2D eigenvalue weighted by molar-refractivity contribution is -0.113. The van der Waals surface area contributed by atoms with Crippen molar-refractivity contribution in [3.05, 3.63) is 40.9 Å². The van der Waals surface area contributed by atoms with Crippen molar-refractivity contribution < 1.29 is 4.79 Å². The van der Waals surface area contributed by atoms with E-state index in [1.807, 2.05) is 43.5 Å². The van der Waals surface area contributed by atoms with Crippen molar-refractivity contribution in [3.8, 4) is 11.4 Å². The van der Waals surface area contributed by atoms with Crippen LogP contribution in [0.25, 0.3) is 11.4 Å². The Labute approximate surface area is 141 Å². The summed E-state index contributed by atoms with van der Waals surface area (Å²) < 4.78 is 0. The minimum absolute atomic E-state index is 0.119. The van der Waals surface area contributed by atoms with Gasteiger partial charge in [0.2, 0.25) is 11.1 Å². The normalized spacial score (nSPS) is 10.7. The second-order valence-corrected chi connectivity index (χ2v) is 6.76. The third-order valence-electron chi connectivity index (χ3n) is 2.99. The number of nitrogens with zero attached hydrogens (tertiary/aromatic N) is 3. The van der Waals surface area contributed by atoms with Gasteiger partial charge < -0.3 is 5.32 Å². The molecule has 0 unspecified atom stereocenters. The van der Waals surface area contributed by atoms with E-state index < -0.39 is 0 Å². The number of rotatable bonds is 5. The van der Waals surface area contributed by atoms with Crippen molar-refractivity contribution >= 4 is 34.1 Å². The fraction of sp³-hybridized carbons (Fsp3) is 0.200. The molecule has 0 aliphatic heterocycles. The number of nitrogens with one attached hydrogen (secondary N) is 2. The summed E-state index contributed by atoms with van der Waals surface area (Å²) in [5.74, 6) is 0.818. The maximum Gasteiger partial charge on any atom is 0.236 e. The van der Waals surface area contributed by atoms with Gasteiger partial charge in [0.05, 0.1) is 11.4 Å². The summed E-state index contributed by atoms with van der Waals surface area (Å²) in [4.78, 5) is 20.5. The van der Waals surface area contributed by atoms with E-state index in [0.717, 1.165) is 11.3 Å². The molecule has 0 aliphatic rings. The zero-order valence-electron chi connectivity index (χ0n) is 12.7. The fourth-order valence-corrected chi connectivity index (χ4v) is 3.15.